The first-order valence-corrected chi connectivity index (χ1v) is 10.8. The number of nitrogens with zero attached hydrogens (tertiary/aromatic N) is 3. The smallest absolute Gasteiger partial charge is 0.271 e. The maximum absolute atomic E-state index is 12.6. The fourth-order valence-electron chi connectivity index (χ4n) is 3.23. The molecule has 0 bridgehead atoms. The van der Waals surface area contributed by atoms with Gasteiger partial charge in [0.25, 0.3) is 11.6 Å². The molecule has 0 aliphatic rings. The number of nitrogens with one attached hydrogen (secondary N) is 1. The zero-order chi connectivity index (χ0) is 24.1. The molecule has 0 radical (unpaired) electrons. The van der Waals surface area contributed by atoms with Gasteiger partial charge in [-0.25, -0.2) is 0 Å². The number of rotatable bonds is 8. The molecule has 0 unspecified atom stereocenters. The lowest BCUT2D eigenvalue weighted by atomic mass is 10.1. The summed E-state index contributed by atoms with van der Waals surface area (Å²) < 4.78 is 7.41. The highest BCUT2D eigenvalue weighted by molar-refractivity contribution is 6.32. The lowest BCUT2D eigenvalue weighted by molar-refractivity contribution is -0.384. The number of aromatic nitrogens is 2. The monoisotopic (exact) mass is 476 g/mol. The van der Waals surface area contributed by atoms with Gasteiger partial charge in [0, 0.05) is 23.9 Å². The van der Waals surface area contributed by atoms with Gasteiger partial charge in [0.05, 0.1) is 28.4 Å². The van der Waals surface area contributed by atoms with E-state index in [2.05, 4.69) is 34.7 Å². The molecular weight excluding hydrogens is 456 g/mol. The second-order valence-electron chi connectivity index (χ2n) is 7.72. The highest BCUT2D eigenvalue weighted by atomic mass is 35.5. The van der Waals surface area contributed by atoms with E-state index < -0.39 is 4.92 Å². The van der Waals surface area contributed by atoms with Crippen molar-refractivity contribution in [2.45, 2.75) is 20.1 Å². The number of anilines is 1. The van der Waals surface area contributed by atoms with Crippen molar-refractivity contribution in [1.82, 2.24) is 9.78 Å². The number of amides is 1. The topological polar surface area (TPSA) is 99.3 Å². The third kappa shape index (κ3) is 5.79. The van der Waals surface area contributed by atoms with Gasteiger partial charge >= 0.3 is 0 Å². The number of ether oxygens (including phenoxy) is 1. The second kappa shape index (κ2) is 10.2. The van der Waals surface area contributed by atoms with Gasteiger partial charge in [-0.15, -0.1) is 0 Å². The van der Waals surface area contributed by atoms with Crippen molar-refractivity contribution in [3.05, 3.63) is 117 Å². The maximum atomic E-state index is 12.6. The molecule has 1 N–H and O–H groups in total. The molecule has 1 aromatic heterocycles. The summed E-state index contributed by atoms with van der Waals surface area (Å²) in [6, 6.07) is 19.2. The zero-order valence-corrected chi connectivity index (χ0v) is 19.0. The van der Waals surface area contributed by atoms with E-state index in [-0.39, 0.29) is 23.2 Å². The SMILES string of the molecule is Cc1ccc(Cn2cc(NC(=O)c3ccc(COc4ccc([N+](=O)[O-])cc4Cl)cc3)cn2)cc1. The Morgan fingerprint density at radius 1 is 1.09 bits per heavy atom. The maximum Gasteiger partial charge on any atom is 0.271 e. The highest BCUT2D eigenvalue weighted by Crippen LogP contribution is 2.29. The summed E-state index contributed by atoms with van der Waals surface area (Å²) in [7, 11) is 0. The van der Waals surface area contributed by atoms with Crippen molar-refractivity contribution in [1.29, 1.82) is 0 Å². The van der Waals surface area contributed by atoms with Crippen molar-refractivity contribution in [3.8, 4) is 5.75 Å². The molecule has 172 valence electrons. The fraction of sp³-hybridized carbons (Fsp3) is 0.120. The van der Waals surface area contributed by atoms with Crippen LogP contribution >= 0.6 is 11.6 Å². The molecule has 0 saturated heterocycles. The van der Waals surface area contributed by atoms with Gasteiger partial charge in [0.1, 0.15) is 12.4 Å². The van der Waals surface area contributed by atoms with E-state index in [1.165, 1.54) is 23.8 Å². The van der Waals surface area contributed by atoms with Crippen molar-refractivity contribution in [2.24, 2.45) is 0 Å². The third-order valence-electron chi connectivity index (χ3n) is 5.09. The lowest BCUT2D eigenvalue weighted by Crippen LogP contribution is -2.11. The van der Waals surface area contributed by atoms with E-state index in [1.54, 1.807) is 41.3 Å². The van der Waals surface area contributed by atoms with E-state index >= 15 is 0 Å². The minimum Gasteiger partial charge on any atom is -0.487 e. The van der Waals surface area contributed by atoms with Gasteiger partial charge in [-0.05, 0) is 36.2 Å². The summed E-state index contributed by atoms with van der Waals surface area (Å²) in [6.45, 7) is 2.86. The first-order valence-electron chi connectivity index (χ1n) is 10.4. The van der Waals surface area contributed by atoms with E-state index in [4.69, 9.17) is 16.3 Å². The molecule has 0 aliphatic carbocycles. The van der Waals surface area contributed by atoms with Gasteiger partial charge in [0.2, 0.25) is 0 Å². The third-order valence-corrected chi connectivity index (χ3v) is 5.39. The molecule has 34 heavy (non-hydrogen) atoms. The molecular formula is C25H21ClN4O4. The van der Waals surface area contributed by atoms with Crippen LogP contribution in [0.3, 0.4) is 0 Å². The number of non-ortho nitro benzene ring substituents is 1. The predicted molar refractivity (Wildman–Crippen MR) is 129 cm³/mol. The van der Waals surface area contributed by atoms with Gasteiger partial charge < -0.3 is 10.1 Å². The van der Waals surface area contributed by atoms with Gasteiger partial charge in [-0.1, -0.05) is 53.6 Å². The minimum absolute atomic E-state index is 0.103. The van der Waals surface area contributed by atoms with Crippen molar-refractivity contribution in [2.75, 3.05) is 5.32 Å². The van der Waals surface area contributed by atoms with Crippen molar-refractivity contribution >= 4 is 28.9 Å². The molecule has 9 heteroatoms. The fourth-order valence-corrected chi connectivity index (χ4v) is 3.46. The quantitative estimate of drug-likeness (QED) is 0.262. The summed E-state index contributed by atoms with van der Waals surface area (Å²) in [5, 5.41) is 18.1. The highest BCUT2D eigenvalue weighted by Gasteiger charge is 2.11. The first kappa shape index (κ1) is 23.0. The average molecular weight is 477 g/mol. The van der Waals surface area contributed by atoms with E-state index in [0.29, 0.717) is 23.5 Å². The number of halogens is 1. The number of hydrogen-bond donors (Lipinski definition) is 1. The number of benzene rings is 3. The van der Waals surface area contributed by atoms with Gasteiger partial charge in [-0.3, -0.25) is 19.6 Å². The first-order chi connectivity index (χ1) is 16.4. The van der Waals surface area contributed by atoms with Gasteiger partial charge in [0.15, 0.2) is 0 Å². The summed E-state index contributed by atoms with van der Waals surface area (Å²) in [6.07, 6.45) is 3.40. The number of carbonyl (C=O) groups is 1. The normalized spacial score (nSPS) is 10.6. The van der Waals surface area contributed by atoms with Crippen molar-refractivity contribution in [3.63, 3.8) is 0 Å². The summed E-state index contributed by atoms with van der Waals surface area (Å²) in [5.41, 5.74) is 4.13. The molecule has 0 aliphatic heterocycles. The Bertz CT molecular complexity index is 1320. The van der Waals surface area contributed by atoms with Crippen LogP contribution in [-0.4, -0.2) is 20.6 Å². The van der Waals surface area contributed by atoms with Crippen LogP contribution in [0.4, 0.5) is 11.4 Å². The van der Waals surface area contributed by atoms with Crippen LogP contribution in [0.1, 0.15) is 27.0 Å². The number of nitro groups is 1. The van der Waals surface area contributed by atoms with Crippen LogP contribution in [0.25, 0.3) is 0 Å². The van der Waals surface area contributed by atoms with Crippen LogP contribution in [0.15, 0.2) is 79.1 Å². The molecule has 1 amide bonds. The predicted octanol–water partition coefficient (Wildman–Crippen LogP) is 5.63. The van der Waals surface area contributed by atoms with Crippen LogP contribution in [0, 0.1) is 17.0 Å². The number of carbonyl (C=O) groups excluding carboxylic acids is 1. The number of aryl methyl sites for hydroxylation is 1. The Balaban J connectivity index is 1.32. The summed E-state index contributed by atoms with van der Waals surface area (Å²) >= 11 is 6.05. The Kier molecular flexibility index (Phi) is 6.89. The Morgan fingerprint density at radius 3 is 2.47 bits per heavy atom. The minimum atomic E-state index is -0.519. The second-order valence-corrected chi connectivity index (χ2v) is 8.13. The molecule has 0 saturated carbocycles. The van der Waals surface area contributed by atoms with E-state index in [0.717, 1.165) is 11.1 Å². The van der Waals surface area contributed by atoms with Gasteiger partial charge in [-0.2, -0.15) is 5.10 Å². The number of nitro benzene ring substituents is 1. The molecule has 3 aromatic carbocycles. The van der Waals surface area contributed by atoms with Crippen molar-refractivity contribution < 1.29 is 14.5 Å². The lowest BCUT2D eigenvalue weighted by Gasteiger charge is -2.09. The Morgan fingerprint density at radius 2 is 1.79 bits per heavy atom. The largest absolute Gasteiger partial charge is 0.487 e. The Labute approximate surface area is 200 Å². The summed E-state index contributed by atoms with van der Waals surface area (Å²) in [4.78, 5) is 22.9. The zero-order valence-electron chi connectivity index (χ0n) is 18.3. The molecule has 8 nitrogen and oxygen atoms in total. The van der Waals surface area contributed by atoms with Crippen LogP contribution in [-0.2, 0) is 13.2 Å². The molecule has 0 atom stereocenters. The Hall–Kier alpha value is -4.17. The van der Waals surface area contributed by atoms with Crippen LogP contribution < -0.4 is 10.1 Å². The van der Waals surface area contributed by atoms with Crippen LogP contribution in [0.5, 0.6) is 5.75 Å². The summed E-state index contributed by atoms with van der Waals surface area (Å²) in [5.74, 6) is 0.0949. The molecule has 1 heterocycles. The standard InChI is InChI=1S/C25H21ClN4O4/c1-17-2-4-18(5-3-17)14-29-15-21(13-27-29)28-25(31)20-8-6-19(7-9-20)16-34-24-11-10-22(30(32)33)12-23(24)26/h2-13,15H,14,16H2,1H3,(H,28,31). The molecule has 0 spiro atoms. The van der Waals surface area contributed by atoms with E-state index in [1.807, 2.05) is 6.92 Å². The van der Waals surface area contributed by atoms with Crippen LogP contribution in [0.2, 0.25) is 5.02 Å². The molecule has 0 fully saturated rings. The average Bonchev–Trinajstić information content (AvgIpc) is 3.26. The molecule has 4 rings (SSSR count). The van der Waals surface area contributed by atoms with E-state index in [9.17, 15) is 14.9 Å². The number of hydrogen-bond acceptors (Lipinski definition) is 5. The molecule has 4 aromatic rings.